The van der Waals surface area contributed by atoms with Gasteiger partial charge in [-0.1, -0.05) is 26.0 Å². The topological polar surface area (TPSA) is 104 Å². The molecule has 1 unspecified atom stereocenters. The molecule has 2 rings (SSSR count). The van der Waals surface area contributed by atoms with Gasteiger partial charge in [0.05, 0.1) is 12.2 Å². The standard InChI is InChI=1S/C26H40N2O5/c1-7-26(8-2,19-10-12-22(18(4)14-19)33-16-20(30)15-29)23-13-11-21(28(23)9-3)24(31)27-17-25(5,6)32/h10-14,20,29-30,32H,7-9,15-17H2,1-6H3,(H,27,31). The van der Waals surface area contributed by atoms with Crippen LogP contribution < -0.4 is 10.1 Å². The lowest BCUT2D eigenvalue weighted by Gasteiger charge is -2.34. The Bertz CT molecular complexity index is 925. The van der Waals surface area contributed by atoms with Crippen molar-refractivity contribution in [1.29, 1.82) is 0 Å². The molecule has 184 valence electrons. The number of rotatable bonds is 12. The molecule has 0 aliphatic rings. The molecule has 0 aliphatic carbocycles. The van der Waals surface area contributed by atoms with Crippen molar-refractivity contribution in [3.8, 4) is 5.75 Å². The van der Waals surface area contributed by atoms with E-state index in [4.69, 9.17) is 9.84 Å². The van der Waals surface area contributed by atoms with Crippen molar-refractivity contribution >= 4 is 5.91 Å². The highest BCUT2D eigenvalue weighted by atomic mass is 16.5. The molecule has 0 bridgehead atoms. The number of aromatic nitrogens is 1. The summed E-state index contributed by atoms with van der Waals surface area (Å²) in [5.41, 5.74) is 2.47. The van der Waals surface area contributed by atoms with Crippen LogP contribution in [-0.2, 0) is 12.0 Å². The van der Waals surface area contributed by atoms with Crippen LogP contribution in [0.25, 0.3) is 0 Å². The van der Waals surface area contributed by atoms with Crippen LogP contribution in [0.4, 0.5) is 0 Å². The summed E-state index contributed by atoms with van der Waals surface area (Å²) >= 11 is 0. The van der Waals surface area contributed by atoms with Crippen molar-refractivity contribution < 1.29 is 24.9 Å². The summed E-state index contributed by atoms with van der Waals surface area (Å²) in [5.74, 6) is 0.471. The number of benzene rings is 1. The first-order valence-electron chi connectivity index (χ1n) is 11.8. The highest BCUT2D eigenvalue weighted by Gasteiger charge is 2.35. The van der Waals surface area contributed by atoms with E-state index in [1.165, 1.54) is 0 Å². The van der Waals surface area contributed by atoms with Crippen molar-refractivity contribution in [3.05, 3.63) is 52.8 Å². The summed E-state index contributed by atoms with van der Waals surface area (Å²) in [6.07, 6.45) is 0.783. The molecular weight excluding hydrogens is 420 g/mol. The first-order chi connectivity index (χ1) is 15.5. The van der Waals surface area contributed by atoms with Crippen molar-refractivity contribution in [2.45, 2.75) is 78.0 Å². The number of hydrogen-bond donors (Lipinski definition) is 4. The maximum Gasteiger partial charge on any atom is 0.268 e. The lowest BCUT2D eigenvalue weighted by molar-refractivity contribution is 0.0534. The van der Waals surface area contributed by atoms with Crippen LogP contribution in [0.3, 0.4) is 0 Å². The third kappa shape index (κ3) is 6.16. The molecule has 33 heavy (non-hydrogen) atoms. The van der Waals surface area contributed by atoms with E-state index >= 15 is 0 Å². The monoisotopic (exact) mass is 460 g/mol. The molecule has 1 aromatic heterocycles. The molecule has 0 saturated carbocycles. The predicted octanol–water partition coefficient (Wildman–Crippen LogP) is 3.16. The zero-order chi connectivity index (χ0) is 24.8. The average molecular weight is 461 g/mol. The molecule has 0 aliphatic heterocycles. The maximum atomic E-state index is 12.9. The number of ether oxygens (including phenoxy) is 1. The average Bonchev–Trinajstić information content (AvgIpc) is 3.22. The zero-order valence-corrected chi connectivity index (χ0v) is 20.8. The second-order valence-corrected chi connectivity index (χ2v) is 9.26. The van der Waals surface area contributed by atoms with Gasteiger partial charge in [-0.2, -0.15) is 0 Å². The van der Waals surface area contributed by atoms with Gasteiger partial charge in [-0.3, -0.25) is 4.79 Å². The molecule has 1 atom stereocenters. The van der Waals surface area contributed by atoms with Crippen LogP contribution >= 0.6 is 0 Å². The lowest BCUT2D eigenvalue weighted by atomic mass is 9.72. The number of nitrogens with one attached hydrogen (secondary N) is 1. The minimum absolute atomic E-state index is 0.0329. The molecule has 0 saturated heterocycles. The van der Waals surface area contributed by atoms with Gasteiger partial charge in [0.25, 0.3) is 5.91 Å². The maximum absolute atomic E-state index is 12.9. The number of aliphatic hydroxyl groups is 3. The van der Waals surface area contributed by atoms with E-state index in [1.54, 1.807) is 13.8 Å². The summed E-state index contributed by atoms with van der Waals surface area (Å²) in [4.78, 5) is 12.9. The van der Waals surface area contributed by atoms with Gasteiger partial charge in [0.2, 0.25) is 0 Å². The quantitative estimate of drug-likeness (QED) is 0.390. The highest BCUT2D eigenvalue weighted by molar-refractivity contribution is 5.93. The van der Waals surface area contributed by atoms with E-state index in [1.807, 2.05) is 38.1 Å². The van der Waals surface area contributed by atoms with Crippen molar-refractivity contribution in [2.24, 2.45) is 0 Å². The van der Waals surface area contributed by atoms with Gasteiger partial charge in [0, 0.05) is 24.2 Å². The summed E-state index contributed by atoms with van der Waals surface area (Å²) in [7, 11) is 0. The van der Waals surface area contributed by atoms with Gasteiger partial charge < -0.3 is 29.9 Å². The van der Waals surface area contributed by atoms with Crippen LogP contribution in [0.1, 0.15) is 74.8 Å². The molecule has 7 nitrogen and oxygen atoms in total. The molecule has 2 aromatic rings. The number of aryl methyl sites for hydroxylation is 1. The van der Waals surface area contributed by atoms with Crippen LogP contribution in [0, 0.1) is 6.92 Å². The fourth-order valence-electron chi connectivity index (χ4n) is 4.33. The molecule has 1 amide bonds. The van der Waals surface area contributed by atoms with Crippen molar-refractivity contribution in [2.75, 3.05) is 19.8 Å². The van der Waals surface area contributed by atoms with Gasteiger partial charge in [0.1, 0.15) is 24.2 Å². The van der Waals surface area contributed by atoms with Gasteiger partial charge in [-0.05, 0) is 69.9 Å². The van der Waals surface area contributed by atoms with E-state index in [2.05, 4.69) is 29.8 Å². The largest absolute Gasteiger partial charge is 0.491 e. The number of carbonyl (C=O) groups is 1. The van der Waals surface area contributed by atoms with E-state index in [0.29, 0.717) is 18.0 Å². The Balaban J connectivity index is 2.44. The number of hydrogen-bond acceptors (Lipinski definition) is 5. The summed E-state index contributed by atoms with van der Waals surface area (Å²) in [5, 5.41) is 31.4. The molecular formula is C26H40N2O5. The SMILES string of the molecule is CCn1c(C(=O)NCC(C)(C)O)ccc1C(CC)(CC)c1ccc(OCC(O)CO)c(C)c1. The highest BCUT2D eigenvalue weighted by Crippen LogP contribution is 2.41. The van der Waals surface area contributed by atoms with Crippen LogP contribution in [0.2, 0.25) is 0 Å². The van der Waals surface area contributed by atoms with E-state index in [0.717, 1.165) is 29.7 Å². The minimum atomic E-state index is -0.979. The number of nitrogens with zero attached hydrogens (tertiary/aromatic N) is 1. The Morgan fingerprint density at radius 2 is 1.82 bits per heavy atom. The molecule has 1 heterocycles. The first-order valence-corrected chi connectivity index (χ1v) is 11.8. The zero-order valence-electron chi connectivity index (χ0n) is 20.8. The lowest BCUT2D eigenvalue weighted by Crippen LogP contribution is -2.39. The van der Waals surface area contributed by atoms with Crippen LogP contribution in [0.5, 0.6) is 5.75 Å². The van der Waals surface area contributed by atoms with Gasteiger partial charge in [-0.25, -0.2) is 0 Å². The van der Waals surface area contributed by atoms with E-state index in [9.17, 15) is 15.0 Å². The predicted molar refractivity (Wildman–Crippen MR) is 130 cm³/mol. The second kappa shape index (κ2) is 11.2. The first kappa shape index (κ1) is 26.9. The second-order valence-electron chi connectivity index (χ2n) is 9.26. The van der Waals surface area contributed by atoms with Gasteiger partial charge in [-0.15, -0.1) is 0 Å². The fourth-order valence-corrected chi connectivity index (χ4v) is 4.33. The van der Waals surface area contributed by atoms with Gasteiger partial charge >= 0.3 is 0 Å². The molecule has 7 heteroatoms. The van der Waals surface area contributed by atoms with E-state index in [-0.39, 0.29) is 31.1 Å². The third-order valence-electron chi connectivity index (χ3n) is 6.28. The normalized spacial score (nSPS) is 13.1. The van der Waals surface area contributed by atoms with Crippen LogP contribution in [-0.4, -0.2) is 57.3 Å². The molecule has 0 radical (unpaired) electrons. The van der Waals surface area contributed by atoms with Crippen molar-refractivity contribution in [1.82, 2.24) is 9.88 Å². The van der Waals surface area contributed by atoms with Crippen LogP contribution in [0.15, 0.2) is 30.3 Å². The Hall–Kier alpha value is -2.35. The summed E-state index contributed by atoms with van der Waals surface area (Å²) < 4.78 is 7.74. The molecule has 1 aromatic carbocycles. The Morgan fingerprint density at radius 3 is 2.33 bits per heavy atom. The minimum Gasteiger partial charge on any atom is -0.491 e. The smallest absolute Gasteiger partial charge is 0.268 e. The Labute approximate surface area is 197 Å². The Kier molecular flexibility index (Phi) is 9.12. The molecule has 0 spiro atoms. The summed E-state index contributed by atoms with van der Waals surface area (Å²) in [6, 6.07) is 9.95. The molecule has 0 fully saturated rings. The fraction of sp³-hybridized carbons (Fsp3) is 0.577. The molecule has 4 N–H and O–H groups in total. The number of aliphatic hydroxyl groups excluding tert-OH is 2. The third-order valence-corrected chi connectivity index (χ3v) is 6.28. The Morgan fingerprint density at radius 1 is 1.15 bits per heavy atom. The van der Waals surface area contributed by atoms with Gasteiger partial charge in [0.15, 0.2) is 0 Å². The number of carbonyl (C=O) groups excluding carboxylic acids is 1. The number of amides is 1. The van der Waals surface area contributed by atoms with Crippen molar-refractivity contribution in [3.63, 3.8) is 0 Å². The van der Waals surface area contributed by atoms with E-state index < -0.39 is 11.7 Å². The summed E-state index contributed by atoms with van der Waals surface area (Å²) in [6.45, 7) is 12.1.